The Morgan fingerprint density at radius 3 is 2.95 bits per heavy atom. The maximum atomic E-state index is 12.1. The molecule has 1 aromatic heterocycles. The van der Waals surface area contributed by atoms with Gasteiger partial charge in [0.2, 0.25) is 17.7 Å². The molecule has 1 aromatic rings. The summed E-state index contributed by atoms with van der Waals surface area (Å²) in [5, 5.41) is 9.22. The first-order valence-electron chi connectivity index (χ1n) is 6.58. The first kappa shape index (κ1) is 14.0. The molecule has 1 unspecified atom stereocenters. The van der Waals surface area contributed by atoms with Crippen molar-refractivity contribution in [1.82, 2.24) is 10.4 Å². The fourth-order valence-electron chi connectivity index (χ4n) is 2.46. The average molecular weight is 309 g/mol. The van der Waals surface area contributed by atoms with Gasteiger partial charge in [-0.05, 0) is 13.3 Å². The highest BCUT2D eigenvalue weighted by molar-refractivity contribution is 7.14. The van der Waals surface area contributed by atoms with Crippen molar-refractivity contribution >= 4 is 34.1 Å². The first-order valence-corrected chi connectivity index (χ1v) is 7.46. The fraction of sp³-hybridized carbons (Fsp3) is 0.462. The van der Waals surface area contributed by atoms with Crippen LogP contribution < -0.4 is 15.5 Å². The largest absolute Gasteiger partial charge is 0.403 e. The summed E-state index contributed by atoms with van der Waals surface area (Å²) in [6.07, 6.45) is 0.689. The van der Waals surface area contributed by atoms with Crippen molar-refractivity contribution < 1.29 is 19.2 Å². The lowest BCUT2D eigenvalue weighted by Gasteiger charge is -2.37. The molecule has 2 aliphatic heterocycles. The summed E-state index contributed by atoms with van der Waals surface area (Å²) in [6, 6.07) is 0. The first-order chi connectivity index (χ1) is 9.90. The fourth-order valence-corrected chi connectivity index (χ4v) is 3.38. The van der Waals surface area contributed by atoms with E-state index in [1.807, 2.05) is 0 Å². The zero-order valence-corrected chi connectivity index (χ0v) is 12.5. The Hall–Kier alpha value is -1.93. The van der Waals surface area contributed by atoms with Crippen molar-refractivity contribution in [3.63, 3.8) is 0 Å². The van der Waals surface area contributed by atoms with Crippen LogP contribution in [-0.2, 0) is 20.9 Å². The Morgan fingerprint density at radius 2 is 2.29 bits per heavy atom. The van der Waals surface area contributed by atoms with E-state index >= 15 is 0 Å². The van der Waals surface area contributed by atoms with Crippen LogP contribution in [0.25, 0.3) is 0 Å². The van der Waals surface area contributed by atoms with Crippen molar-refractivity contribution in [3.05, 3.63) is 10.9 Å². The van der Waals surface area contributed by atoms with Gasteiger partial charge in [-0.25, -0.2) is 0 Å². The van der Waals surface area contributed by atoms with Gasteiger partial charge in [0.1, 0.15) is 10.5 Å². The number of hydrogen-bond donors (Lipinski definition) is 2. The molecule has 0 aliphatic carbocycles. The van der Waals surface area contributed by atoms with E-state index < -0.39 is 5.54 Å². The minimum Gasteiger partial charge on any atom is -0.403 e. The molecule has 2 aliphatic rings. The van der Waals surface area contributed by atoms with Crippen LogP contribution in [0.5, 0.6) is 5.75 Å². The van der Waals surface area contributed by atoms with Crippen LogP contribution in [0.2, 0.25) is 0 Å². The average Bonchev–Trinajstić information content (AvgIpc) is 2.96. The van der Waals surface area contributed by atoms with Gasteiger partial charge in [0.25, 0.3) is 0 Å². The highest BCUT2D eigenvalue weighted by atomic mass is 32.1. The van der Waals surface area contributed by atoms with Crippen LogP contribution in [-0.4, -0.2) is 28.3 Å². The van der Waals surface area contributed by atoms with Crippen molar-refractivity contribution in [3.8, 4) is 5.75 Å². The van der Waals surface area contributed by atoms with Gasteiger partial charge in [-0.3, -0.25) is 19.7 Å². The summed E-state index contributed by atoms with van der Waals surface area (Å²) in [7, 11) is 0. The number of hydroxylamine groups is 2. The predicted molar refractivity (Wildman–Crippen MR) is 75.6 cm³/mol. The molecule has 0 aromatic carbocycles. The molecule has 1 atom stereocenters. The van der Waals surface area contributed by atoms with Crippen LogP contribution in [0, 0.1) is 0 Å². The molecule has 7 nitrogen and oxygen atoms in total. The lowest BCUT2D eigenvalue weighted by molar-refractivity contribution is -0.169. The van der Waals surface area contributed by atoms with Crippen molar-refractivity contribution in [2.45, 2.75) is 38.8 Å². The van der Waals surface area contributed by atoms with Crippen molar-refractivity contribution in [2.24, 2.45) is 0 Å². The maximum absolute atomic E-state index is 12.1. The zero-order chi connectivity index (χ0) is 15.2. The number of amides is 3. The van der Waals surface area contributed by atoms with Gasteiger partial charge < -0.3 is 10.2 Å². The summed E-state index contributed by atoms with van der Waals surface area (Å²) < 4.78 is 0. The maximum Gasteiger partial charge on any atom is 0.250 e. The molecular weight excluding hydrogens is 294 g/mol. The minimum absolute atomic E-state index is 0.148. The van der Waals surface area contributed by atoms with E-state index in [0.29, 0.717) is 18.7 Å². The molecule has 0 radical (unpaired) electrons. The number of imide groups is 1. The van der Waals surface area contributed by atoms with Crippen LogP contribution in [0.4, 0.5) is 5.00 Å². The van der Waals surface area contributed by atoms with E-state index in [2.05, 4.69) is 10.6 Å². The van der Waals surface area contributed by atoms with E-state index in [1.54, 1.807) is 17.4 Å². The summed E-state index contributed by atoms with van der Waals surface area (Å²) >= 11 is 1.39. The number of thiophene rings is 1. The highest BCUT2D eigenvalue weighted by Crippen LogP contribution is 2.43. The van der Waals surface area contributed by atoms with Crippen molar-refractivity contribution in [2.75, 3.05) is 5.32 Å². The van der Waals surface area contributed by atoms with E-state index in [1.165, 1.54) is 18.3 Å². The number of piperidine rings is 1. The normalized spacial score (nSPS) is 25.2. The molecule has 21 heavy (non-hydrogen) atoms. The Morgan fingerprint density at radius 1 is 1.52 bits per heavy atom. The second-order valence-electron chi connectivity index (χ2n) is 5.37. The highest BCUT2D eigenvalue weighted by Gasteiger charge is 2.48. The predicted octanol–water partition coefficient (Wildman–Crippen LogP) is 1.01. The van der Waals surface area contributed by atoms with Gasteiger partial charge in [0.15, 0.2) is 5.75 Å². The summed E-state index contributed by atoms with van der Waals surface area (Å²) in [4.78, 5) is 40.3. The second-order valence-corrected chi connectivity index (χ2v) is 6.25. The smallest absolute Gasteiger partial charge is 0.250 e. The summed E-state index contributed by atoms with van der Waals surface area (Å²) in [5.41, 5.74) is -0.0286. The number of nitrogens with one attached hydrogen (secondary N) is 2. The number of anilines is 1. The second kappa shape index (κ2) is 4.81. The molecule has 3 amide bonds. The van der Waals surface area contributed by atoms with Crippen molar-refractivity contribution in [1.29, 1.82) is 0 Å². The summed E-state index contributed by atoms with van der Waals surface area (Å²) in [6.45, 7) is 3.59. The molecule has 2 N–H and O–H groups in total. The molecule has 0 spiro atoms. The molecule has 0 saturated carbocycles. The molecule has 8 heteroatoms. The van der Waals surface area contributed by atoms with Crippen LogP contribution >= 0.6 is 11.3 Å². The third-order valence-electron chi connectivity index (χ3n) is 3.79. The van der Waals surface area contributed by atoms with E-state index in [-0.39, 0.29) is 24.1 Å². The van der Waals surface area contributed by atoms with Crippen LogP contribution in [0.3, 0.4) is 0 Å². The van der Waals surface area contributed by atoms with Gasteiger partial charge >= 0.3 is 0 Å². The monoisotopic (exact) mass is 309 g/mol. The van der Waals surface area contributed by atoms with Gasteiger partial charge in [-0.15, -0.1) is 16.4 Å². The minimum atomic E-state index is -0.891. The SMILES string of the molecule is CC(=O)Nc1scc2c1CN(C1(C)CCC(=O)NC1=O)O2. The number of carbonyl (C=O) groups excluding carboxylic acids is 3. The standard InChI is InChI=1S/C13H15N3O4S/c1-7(17)14-11-8-5-16(20-9(8)6-21-11)13(2)4-3-10(18)15-12(13)19/h6H,3-5H2,1-2H3,(H,14,17)(H,15,18,19). The number of nitrogens with zero attached hydrogens (tertiary/aromatic N) is 1. The molecule has 3 rings (SSSR count). The van der Waals surface area contributed by atoms with E-state index in [9.17, 15) is 14.4 Å². The number of carbonyl (C=O) groups is 3. The third-order valence-corrected chi connectivity index (χ3v) is 4.70. The molecule has 1 saturated heterocycles. The van der Waals surface area contributed by atoms with Crippen LogP contribution in [0.1, 0.15) is 32.3 Å². The molecule has 112 valence electrons. The van der Waals surface area contributed by atoms with Gasteiger partial charge in [-0.1, -0.05) is 0 Å². The number of rotatable bonds is 2. The summed E-state index contributed by atoms with van der Waals surface area (Å²) in [5.74, 6) is -0.113. The Balaban J connectivity index is 1.81. The number of fused-ring (bicyclic) bond motifs is 1. The zero-order valence-electron chi connectivity index (χ0n) is 11.7. The van der Waals surface area contributed by atoms with Crippen LogP contribution in [0.15, 0.2) is 5.38 Å². The number of hydrogen-bond acceptors (Lipinski definition) is 6. The van der Waals surface area contributed by atoms with Gasteiger partial charge in [0.05, 0.1) is 6.54 Å². The lowest BCUT2D eigenvalue weighted by Crippen LogP contribution is -2.60. The quantitative estimate of drug-likeness (QED) is 0.796. The Kier molecular flexibility index (Phi) is 3.22. The Bertz CT molecular complexity index is 641. The molecule has 0 bridgehead atoms. The Labute approximate surface area is 125 Å². The van der Waals surface area contributed by atoms with E-state index in [4.69, 9.17) is 4.84 Å². The van der Waals surface area contributed by atoms with E-state index in [0.717, 1.165) is 10.6 Å². The topological polar surface area (TPSA) is 87.7 Å². The molecule has 3 heterocycles. The van der Waals surface area contributed by atoms with Gasteiger partial charge in [0, 0.05) is 24.3 Å². The van der Waals surface area contributed by atoms with Gasteiger partial charge in [-0.2, -0.15) is 0 Å². The third kappa shape index (κ3) is 2.30. The molecular formula is C13H15N3O4S. The lowest BCUT2D eigenvalue weighted by atomic mass is 9.90. The molecule has 1 fully saturated rings.